The Morgan fingerprint density at radius 1 is 1.31 bits per heavy atom. The van der Waals surface area contributed by atoms with E-state index in [0.717, 1.165) is 6.54 Å². The van der Waals surface area contributed by atoms with Crippen molar-refractivity contribution in [2.24, 2.45) is 5.92 Å². The predicted molar refractivity (Wildman–Crippen MR) is 54.8 cm³/mol. The zero-order valence-electron chi connectivity index (χ0n) is 9.05. The standard InChI is InChI=1S/C10H23NO2/c1-4-9(3)6-11-7-10(12)8-13-5-2/h9-12H,4-8H2,1-3H3. The summed E-state index contributed by atoms with van der Waals surface area (Å²) in [6, 6.07) is 0. The maximum absolute atomic E-state index is 9.38. The predicted octanol–water partition coefficient (Wildman–Crippen LogP) is 1.02. The van der Waals surface area contributed by atoms with E-state index in [1.165, 1.54) is 6.42 Å². The normalized spacial score (nSPS) is 15.7. The molecule has 2 atom stereocenters. The van der Waals surface area contributed by atoms with E-state index in [1.807, 2.05) is 6.92 Å². The molecule has 13 heavy (non-hydrogen) atoms. The summed E-state index contributed by atoms with van der Waals surface area (Å²) in [6.45, 7) is 9.00. The first-order valence-electron chi connectivity index (χ1n) is 5.17. The summed E-state index contributed by atoms with van der Waals surface area (Å²) in [5, 5.41) is 12.6. The summed E-state index contributed by atoms with van der Waals surface area (Å²) in [6.07, 6.45) is 0.804. The van der Waals surface area contributed by atoms with Crippen LogP contribution in [0.3, 0.4) is 0 Å². The van der Waals surface area contributed by atoms with Crippen LogP contribution < -0.4 is 5.32 Å². The third-order valence-corrected chi connectivity index (χ3v) is 2.08. The average Bonchev–Trinajstić information content (AvgIpc) is 2.14. The molecule has 0 aromatic heterocycles. The second-order valence-corrected chi connectivity index (χ2v) is 3.48. The summed E-state index contributed by atoms with van der Waals surface area (Å²) in [4.78, 5) is 0. The number of hydrogen-bond donors (Lipinski definition) is 2. The van der Waals surface area contributed by atoms with Crippen LogP contribution in [0.1, 0.15) is 27.2 Å². The van der Waals surface area contributed by atoms with Crippen molar-refractivity contribution in [2.75, 3.05) is 26.3 Å². The van der Waals surface area contributed by atoms with Crippen LogP contribution in [0.4, 0.5) is 0 Å². The van der Waals surface area contributed by atoms with E-state index < -0.39 is 0 Å². The smallest absolute Gasteiger partial charge is 0.0897 e. The second kappa shape index (κ2) is 8.48. The Hall–Kier alpha value is -0.120. The fraction of sp³-hybridized carbons (Fsp3) is 1.00. The summed E-state index contributed by atoms with van der Waals surface area (Å²) in [5.74, 6) is 0.680. The quantitative estimate of drug-likeness (QED) is 0.599. The minimum Gasteiger partial charge on any atom is -0.389 e. The Bertz CT molecular complexity index is 109. The molecule has 0 bridgehead atoms. The van der Waals surface area contributed by atoms with Gasteiger partial charge in [0, 0.05) is 13.2 Å². The Kier molecular flexibility index (Phi) is 8.40. The van der Waals surface area contributed by atoms with Crippen LogP contribution in [-0.4, -0.2) is 37.5 Å². The van der Waals surface area contributed by atoms with Crippen LogP contribution in [0.15, 0.2) is 0 Å². The van der Waals surface area contributed by atoms with E-state index in [0.29, 0.717) is 25.7 Å². The third-order valence-electron chi connectivity index (χ3n) is 2.08. The van der Waals surface area contributed by atoms with E-state index in [2.05, 4.69) is 19.2 Å². The van der Waals surface area contributed by atoms with Crippen LogP contribution in [-0.2, 0) is 4.74 Å². The Morgan fingerprint density at radius 3 is 2.54 bits per heavy atom. The molecule has 0 spiro atoms. The molecule has 2 N–H and O–H groups in total. The molecule has 0 heterocycles. The lowest BCUT2D eigenvalue weighted by Gasteiger charge is -2.13. The van der Waals surface area contributed by atoms with Crippen LogP contribution >= 0.6 is 0 Å². The van der Waals surface area contributed by atoms with Gasteiger partial charge in [-0.1, -0.05) is 20.3 Å². The van der Waals surface area contributed by atoms with Crippen molar-refractivity contribution in [2.45, 2.75) is 33.3 Å². The third kappa shape index (κ3) is 8.22. The van der Waals surface area contributed by atoms with E-state index in [1.54, 1.807) is 0 Å². The van der Waals surface area contributed by atoms with Gasteiger partial charge in [0.1, 0.15) is 0 Å². The van der Waals surface area contributed by atoms with Gasteiger partial charge in [-0.15, -0.1) is 0 Å². The summed E-state index contributed by atoms with van der Waals surface area (Å²) in [5.41, 5.74) is 0. The molecule has 2 unspecified atom stereocenters. The Morgan fingerprint density at radius 2 is 2.00 bits per heavy atom. The highest BCUT2D eigenvalue weighted by atomic mass is 16.5. The van der Waals surface area contributed by atoms with Crippen LogP contribution in [0.5, 0.6) is 0 Å². The number of rotatable bonds is 8. The molecular weight excluding hydrogens is 166 g/mol. The van der Waals surface area contributed by atoms with Crippen molar-refractivity contribution in [1.29, 1.82) is 0 Å². The van der Waals surface area contributed by atoms with Crippen LogP contribution in [0.2, 0.25) is 0 Å². The van der Waals surface area contributed by atoms with Gasteiger partial charge in [0.25, 0.3) is 0 Å². The topological polar surface area (TPSA) is 41.5 Å². The minimum absolute atomic E-state index is 0.371. The first-order valence-corrected chi connectivity index (χ1v) is 5.17. The molecule has 0 fully saturated rings. The van der Waals surface area contributed by atoms with Gasteiger partial charge in [-0.2, -0.15) is 0 Å². The maximum atomic E-state index is 9.38. The summed E-state index contributed by atoms with van der Waals surface area (Å²) in [7, 11) is 0. The highest BCUT2D eigenvalue weighted by Crippen LogP contribution is 1.97. The lowest BCUT2D eigenvalue weighted by molar-refractivity contribution is 0.0425. The zero-order valence-corrected chi connectivity index (χ0v) is 9.05. The summed E-state index contributed by atoms with van der Waals surface area (Å²) < 4.78 is 5.09. The van der Waals surface area contributed by atoms with E-state index >= 15 is 0 Å². The van der Waals surface area contributed by atoms with Crippen LogP contribution in [0.25, 0.3) is 0 Å². The van der Waals surface area contributed by atoms with Gasteiger partial charge in [0.15, 0.2) is 0 Å². The molecule has 0 aromatic rings. The molecule has 0 rings (SSSR count). The average molecular weight is 189 g/mol. The molecule has 0 aromatic carbocycles. The monoisotopic (exact) mass is 189 g/mol. The first kappa shape index (κ1) is 12.9. The van der Waals surface area contributed by atoms with Crippen molar-refractivity contribution in [3.8, 4) is 0 Å². The molecule has 0 saturated heterocycles. The lowest BCUT2D eigenvalue weighted by atomic mass is 10.1. The van der Waals surface area contributed by atoms with Gasteiger partial charge in [-0.3, -0.25) is 0 Å². The van der Waals surface area contributed by atoms with Crippen molar-refractivity contribution in [1.82, 2.24) is 5.32 Å². The number of aliphatic hydroxyl groups excluding tert-OH is 1. The maximum Gasteiger partial charge on any atom is 0.0897 e. The van der Waals surface area contributed by atoms with Gasteiger partial charge >= 0.3 is 0 Å². The molecule has 0 aliphatic heterocycles. The molecule has 80 valence electrons. The highest BCUT2D eigenvalue weighted by molar-refractivity contribution is 4.60. The van der Waals surface area contributed by atoms with Crippen molar-refractivity contribution in [3.05, 3.63) is 0 Å². The van der Waals surface area contributed by atoms with Crippen LogP contribution in [0, 0.1) is 5.92 Å². The van der Waals surface area contributed by atoms with Crippen molar-refractivity contribution < 1.29 is 9.84 Å². The van der Waals surface area contributed by atoms with Gasteiger partial charge in [-0.25, -0.2) is 0 Å². The van der Waals surface area contributed by atoms with E-state index in [-0.39, 0.29) is 6.10 Å². The highest BCUT2D eigenvalue weighted by Gasteiger charge is 2.04. The zero-order chi connectivity index (χ0) is 10.1. The fourth-order valence-electron chi connectivity index (χ4n) is 0.953. The Labute approximate surface area is 81.5 Å². The molecule has 0 radical (unpaired) electrons. The number of aliphatic hydroxyl groups is 1. The molecule has 0 aliphatic rings. The minimum atomic E-state index is -0.371. The molecular formula is C10H23NO2. The van der Waals surface area contributed by atoms with Crippen molar-refractivity contribution in [3.63, 3.8) is 0 Å². The SMILES string of the molecule is CCOCC(O)CNCC(C)CC. The molecule has 3 nitrogen and oxygen atoms in total. The molecule has 0 amide bonds. The molecule has 0 saturated carbocycles. The van der Waals surface area contributed by atoms with Gasteiger partial charge < -0.3 is 15.2 Å². The molecule has 3 heteroatoms. The van der Waals surface area contributed by atoms with Gasteiger partial charge in [0.2, 0.25) is 0 Å². The Balaban J connectivity index is 3.21. The number of ether oxygens (including phenoxy) is 1. The van der Waals surface area contributed by atoms with E-state index in [9.17, 15) is 5.11 Å². The number of hydrogen-bond acceptors (Lipinski definition) is 3. The first-order chi connectivity index (χ1) is 6.20. The fourth-order valence-corrected chi connectivity index (χ4v) is 0.953. The summed E-state index contributed by atoms with van der Waals surface area (Å²) >= 11 is 0. The largest absolute Gasteiger partial charge is 0.389 e. The lowest BCUT2D eigenvalue weighted by Crippen LogP contribution is -2.32. The van der Waals surface area contributed by atoms with Gasteiger partial charge in [0.05, 0.1) is 12.7 Å². The second-order valence-electron chi connectivity index (χ2n) is 3.48. The van der Waals surface area contributed by atoms with Crippen molar-refractivity contribution >= 4 is 0 Å². The van der Waals surface area contributed by atoms with Gasteiger partial charge in [-0.05, 0) is 19.4 Å². The molecule has 0 aliphatic carbocycles. The van der Waals surface area contributed by atoms with E-state index in [4.69, 9.17) is 4.74 Å². The number of nitrogens with one attached hydrogen (secondary N) is 1.